The summed E-state index contributed by atoms with van der Waals surface area (Å²) >= 11 is 0. The first-order valence-electron chi connectivity index (χ1n) is 11.0. The second-order valence-electron chi connectivity index (χ2n) is 9.33. The minimum Gasteiger partial charge on any atom is -0.464 e. The molecule has 2 aliphatic carbocycles. The first-order chi connectivity index (χ1) is 15.8. The van der Waals surface area contributed by atoms with Crippen molar-refractivity contribution in [3.8, 4) is 0 Å². The number of ether oxygens (including phenoxy) is 3. The number of hydrogen-bond acceptors (Lipinski definition) is 9. The summed E-state index contributed by atoms with van der Waals surface area (Å²) in [4.78, 5) is 61.8. The highest BCUT2D eigenvalue weighted by Gasteiger charge is 2.76. The molecule has 0 aromatic heterocycles. The average Bonchev–Trinajstić information content (AvgIpc) is 3.40. The third-order valence-electron chi connectivity index (χ3n) is 5.64. The Bertz CT molecular complexity index is 860. The fourth-order valence-electron chi connectivity index (χ4n) is 4.33. The Balaban J connectivity index is 0.00000612. The lowest BCUT2D eigenvalue weighted by atomic mass is 9.89. The molecule has 4 N–H and O–H groups in total. The number of carbonyl (C=O) groups excluding carboxylic acids is 5. The lowest BCUT2D eigenvalue weighted by molar-refractivity contribution is -0.156. The molecule has 0 heterocycles. The molecular weight excluding hydrogens is 450 g/mol. The Hall–Kier alpha value is -3.15. The second-order valence-corrected chi connectivity index (χ2v) is 9.33. The molecule has 0 unspecified atom stereocenters. The maximum absolute atomic E-state index is 12.9. The fourth-order valence-corrected chi connectivity index (χ4v) is 4.33. The first kappa shape index (κ1) is 27.1. The Morgan fingerprint density at radius 2 is 1.91 bits per heavy atom. The van der Waals surface area contributed by atoms with Crippen LogP contribution in [0, 0.1) is 17.8 Å². The number of alkyl carbamates (subject to hydrolysis) is 1. The van der Waals surface area contributed by atoms with Gasteiger partial charge in [0.1, 0.15) is 23.7 Å². The molecule has 0 saturated heterocycles. The minimum absolute atomic E-state index is 0. The van der Waals surface area contributed by atoms with Crippen LogP contribution in [0.5, 0.6) is 0 Å². The van der Waals surface area contributed by atoms with Crippen molar-refractivity contribution in [2.45, 2.75) is 64.3 Å². The molecule has 12 nitrogen and oxygen atoms in total. The lowest BCUT2D eigenvalue weighted by Crippen LogP contribution is -2.61. The third kappa shape index (κ3) is 6.04. The largest absolute Gasteiger partial charge is 0.464 e. The lowest BCUT2D eigenvalue weighted by Gasteiger charge is -2.32. The smallest absolute Gasteiger partial charge is 0.408 e. The zero-order valence-corrected chi connectivity index (χ0v) is 20.0. The Labute approximate surface area is 199 Å². The summed E-state index contributed by atoms with van der Waals surface area (Å²) in [6.07, 6.45) is -1.03. The van der Waals surface area contributed by atoms with Crippen LogP contribution >= 0.6 is 0 Å². The van der Waals surface area contributed by atoms with Crippen molar-refractivity contribution in [3.05, 3.63) is 12.8 Å². The van der Waals surface area contributed by atoms with E-state index in [1.165, 1.54) is 6.92 Å². The van der Waals surface area contributed by atoms with Crippen molar-refractivity contribution in [2.24, 2.45) is 17.8 Å². The Morgan fingerprint density at radius 1 is 1.26 bits per heavy atom. The van der Waals surface area contributed by atoms with Gasteiger partial charge in [-0.05, 0) is 34.6 Å². The van der Waals surface area contributed by atoms with Crippen LogP contribution in [-0.4, -0.2) is 71.4 Å². The van der Waals surface area contributed by atoms with E-state index in [2.05, 4.69) is 22.5 Å². The summed E-state index contributed by atoms with van der Waals surface area (Å²) in [6, 6.07) is -1.10. The van der Waals surface area contributed by atoms with E-state index in [-0.39, 0.29) is 14.5 Å². The molecule has 6 atom stereocenters. The molecule has 2 rings (SSSR count). The predicted molar refractivity (Wildman–Crippen MR) is 119 cm³/mol. The van der Waals surface area contributed by atoms with E-state index in [9.17, 15) is 29.1 Å². The molecule has 192 valence electrons. The van der Waals surface area contributed by atoms with Gasteiger partial charge in [-0.15, -0.1) is 0 Å². The van der Waals surface area contributed by atoms with Crippen LogP contribution in [0.1, 0.15) is 42.5 Å². The van der Waals surface area contributed by atoms with Gasteiger partial charge in [0.05, 0.1) is 24.9 Å². The number of nitrogens with one attached hydrogen (secondary N) is 3. The van der Waals surface area contributed by atoms with E-state index < -0.39 is 77.4 Å². The number of hydrogen-bond donors (Lipinski definition) is 4. The molecule has 0 radical (unpaired) electrons. The highest BCUT2D eigenvalue weighted by Crippen LogP contribution is 2.63. The molecule has 0 aromatic rings. The highest BCUT2D eigenvalue weighted by atomic mass is 16.6. The van der Waals surface area contributed by atoms with Gasteiger partial charge in [0.2, 0.25) is 11.8 Å². The summed E-state index contributed by atoms with van der Waals surface area (Å²) in [5, 5.41) is 17.7. The van der Waals surface area contributed by atoms with E-state index >= 15 is 0 Å². The van der Waals surface area contributed by atoms with E-state index in [0.717, 1.165) is 6.26 Å². The summed E-state index contributed by atoms with van der Waals surface area (Å²) in [5.41, 5.74) is -2.40. The second kappa shape index (κ2) is 10.4. The van der Waals surface area contributed by atoms with Gasteiger partial charge in [0, 0.05) is 19.7 Å². The summed E-state index contributed by atoms with van der Waals surface area (Å²) in [5.74, 6) is -4.96. The van der Waals surface area contributed by atoms with Crippen molar-refractivity contribution >= 4 is 29.8 Å². The van der Waals surface area contributed by atoms with Crippen LogP contribution in [-0.2, 0) is 33.4 Å². The molecule has 0 aliphatic heterocycles. The Kier molecular flexibility index (Phi) is 8.30. The van der Waals surface area contributed by atoms with Gasteiger partial charge in [0.25, 0.3) is 0 Å². The summed E-state index contributed by atoms with van der Waals surface area (Å²) in [7, 11) is 0. The maximum atomic E-state index is 12.9. The van der Waals surface area contributed by atoms with Gasteiger partial charge >= 0.3 is 18.0 Å². The molecule has 2 aliphatic rings. The number of fused-ring (bicyclic) bond motifs is 1. The summed E-state index contributed by atoms with van der Waals surface area (Å²) in [6.45, 7) is 10.9. The van der Waals surface area contributed by atoms with Crippen molar-refractivity contribution in [1.29, 1.82) is 0 Å². The maximum Gasteiger partial charge on any atom is 0.408 e. The Morgan fingerprint density at radius 3 is 2.47 bits per heavy atom. The molecule has 0 bridgehead atoms. The van der Waals surface area contributed by atoms with Gasteiger partial charge in [-0.3, -0.25) is 14.4 Å². The van der Waals surface area contributed by atoms with Gasteiger partial charge in [-0.25, -0.2) is 9.59 Å². The van der Waals surface area contributed by atoms with E-state index in [1.807, 2.05) is 0 Å². The van der Waals surface area contributed by atoms with Crippen molar-refractivity contribution in [1.82, 2.24) is 16.0 Å². The minimum atomic E-state index is -1.66. The monoisotopic (exact) mass is 485 g/mol. The van der Waals surface area contributed by atoms with Crippen molar-refractivity contribution in [3.63, 3.8) is 0 Å². The molecule has 2 saturated carbocycles. The SMILES string of the molecule is C=COC(=O)[C@H]1[C@H]2[C@@H]1[C@@](NC(=O)[C@H](C)NC(=O)CNC(=O)OC(C)(C)C)(C(=O)OCC)C[C@@H]2O.[HH]. The van der Waals surface area contributed by atoms with E-state index in [4.69, 9.17) is 14.2 Å². The standard InChI is InChI=1S/C22H33N3O9.H2/c1-7-32-18(29)15-14-12(26)9-22(16(14)15,19(30)33-8-2)25-17(28)11(3)24-13(27)10-23-20(31)34-21(4,5)6;/h7,11-12,14-16,26H,1,8-10H2,2-6H3,(H,23,31)(H,24,27)(H,25,28);1H/t11-,12-,14-,15-,16-,22+;/m0./s1. The summed E-state index contributed by atoms with van der Waals surface area (Å²) < 4.78 is 15.0. The number of carbonyl (C=O) groups is 5. The molecule has 0 aromatic carbocycles. The third-order valence-corrected chi connectivity index (χ3v) is 5.64. The number of rotatable bonds is 9. The molecule has 12 heteroatoms. The van der Waals surface area contributed by atoms with E-state index in [1.54, 1.807) is 27.7 Å². The van der Waals surface area contributed by atoms with Crippen LogP contribution in [0.25, 0.3) is 0 Å². The molecule has 2 fully saturated rings. The van der Waals surface area contributed by atoms with Crippen molar-refractivity contribution in [2.75, 3.05) is 13.2 Å². The van der Waals surface area contributed by atoms with Gasteiger partial charge in [-0.1, -0.05) is 6.58 Å². The van der Waals surface area contributed by atoms with Crippen LogP contribution < -0.4 is 16.0 Å². The van der Waals surface area contributed by atoms with Crippen LogP contribution in [0.3, 0.4) is 0 Å². The van der Waals surface area contributed by atoms with Crippen LogP contribution in [0.4, 0.5) is 4.79 Å². The molecule has 0 spiro atoms. The van der Waals surface area contributed by atoms with Crippen LogP contribution in [0.15, 0.2) is 12.8 Å². The molecule has 3 amide bonds. The zero-order chi connectivity index (χ0) is 25.8. The predicted octanol–water partition coefficient (Wildman–Crippen LogP) is -0.00660. The van der Waals surface area contributed by atoms with E-state index in [0.29, 0.717) is 0 Å². The number of esters is 2. The zero-order valence-electron chi connectivity index (χ0n) is 20.0. The number of aliphatic hydroxyl groups is 1. The highest BCUT2D eigenvalue weighted by molar-refractivity contribution is 5.95. The normalized spacial score (nSPS) is 27.9. The fraction of sp³-hybridized carbons (Fsp3) is 0.682. The number of amides is 3. The van der Waals surface area contributed by atoms with Crippen molar-refractivity contribution < 1.29 is 44.7 Å². The van der Waals surface area contributed by atoms with Gasteiger partial charge in [0.15, 0.2) is 0 Å². The quantitative estimate of drug-likeness (QED) is 0.199. The topological polar surface area (TPSA) is 169 Å². The average molecular weight is 486 g/mol. The van der Waals surface area contributed by atoms with Gasteiger partial charge < -0.3 is 35.3 Å². The molecule has 34 heavy (non-hydrogen) atoms. The first-order valence-corrected chi connectivity index (χ1v) is 11.0. The van der Waals surface area contributed by atoms with Crippen LogP contribution in [0.2, 0.25) is 0 Å². The molecular formula is C22H35N3O9. The number of aliphatic hydroxyl groups excluding tert-OH is 1. The van der Waals surface area contributed by atoms with Gasteiger partial charge in [-0.2, -0.15) is 0 Å².